The number of alkyl halides is 3. The predicted molar refractivity (Wildman–Crippen MR) is 54.8 cm³/mol. The van der Waals surface area contributed by atoms with Crippen molar-refractivity contribution in [3.63, 3.8) is 0 Å². The molecule has 0 aromatic carbocycles. The quantitative estimate of drug-likeness (QED) is 0.843. The van der Waals surface area contributed by atoms with E-state index in [1.807, 2.05) is 0 Å². The van der Waals surface area contributed by atoms with E-state index in [2.05, 4.69) is 4.98 Å². The van der Waals surface area contributed by atoms with Crippen molar-refractivity contribution in [2.24, 2.45) is 0 Å². The van der Waals surface area contributed by atoms with E-state index in [1.54, 1.807) is 6.07 Å². The Hall–Kier alpha value is -1.74. The monoisotopic (exact) mass is 260 g/mol. The molecule has 0 radical (unpaired) electrons. The number of carbonyl (C=O) groups is 1. The Morgan fingerprint density at radius 3 is 2.71 bits per heavy atom. The third-order valence-corrected chi connectivity index (χ3v) is 2.33. The van der Waals surface area contributed by atoms with Gasteiger partial charge in [-0.1, -0.05) is 0 Å². The van der Waals surface area contributed by atoms with Gasteiger partial charge in [-0.25, -0.2) is 13.8 Å². The zero-order chi connectivity index (χ0) is 13.0. The Morgan fingerprint density at radius 1 is 1.65 bits per heavy atom. The van der Waals surface area contributed by atoms with Crippen molar-refractivity contribution in [1.29, 1.82) is 5.26 Å². The molecule has 1 rings (SSSR count). The summed E-state index contributed by atoms with van der Waals surface area (Å²) in [4.78, 5) is 14.0. The Labute approximate surface area is 100 Å². The van der Waals surface area contributed by atoms with Crippen molar-refractivity contribution < 1.29 is 18.7 Å². The molecular weight excluding hydrogens is 254 g/mol. The van der Waals surface area contributed by atoms with E-state index in [0.717, 1.165) is 6.07 Å². The van der Waals surface area contributed by atoms with Gasteiger partial charge >= 0.3 is 5.97 Å². The topological polar surface area (TPSA) is 74.0 Å². The lowest BCUT2D eigenvalue weighted by Gasteiger charge is -2.09. The van der Waals surface area contributed by atoms with Crippen molar-refractivity contribution >= 4 is 17.6 Å². The molecule has 0 saturated heterocycles. The van der Waals surface area contributed by atoms with Gasteiger partial charge in [0.2, 0.25) is 0 Å². The molecule has 7 heteroatoms. The highest BCUT2D eigenvalue weighted by Crippen LogP contribution is 2.23. The molecule has 17 heavy (non-hydrogen) atoms. The highest BCUT2D eigenvalue weighted by Gasteiger charge is 2.18. The molecule has 0 aliphatic heterocycles. The molecule has 0 unspecified atom stereocenters. The number of pyridine rings is 1. The maximum absolute atomic E-state index is 12.5. The fraction of sp³-hybridized carbons (Fsp3) is 0.300. The van der Waals surface area contributed by atoms with E-state index < -0.39 is 24.5 Å². The van der Waals surface area contributed by atoms with Gasteiger partial charge in [-0.15, -0.1) is 11.6 Å². The van der Waals surface area contributed by atoms with E-state index in [-0.39, 0.29) is 22.7 Å². The van der Waals surface area contributed by atoms with Crippen LogP contribution < -0.4 is 0 Å². The van der Waals surface area contributed by atoms with Gasteiger partial charge in [-0.3, -0.25) is 4.79 Å². The summed E-state index contributed by atoms with van der Waals surface area (Å²) in [6.07, 6.45) is -3.30. The fourth-order valence-electron chi connectivity index (χ4n) is 1.32. The number of nitriles is 1. The number of halogens is 3. The molecule has 0 aliphatic rings. The molecular formula is C10H7ClF2N2O2. The lowest BCUT2D eigenvalue weighted by molar-refractivity contribution is -0.136. The van der Waals surface area contributed by atoms with Gasteiger partial charge in [0.25, 0.3) is 6.43 Å². The minimum Gasteiger partial charge on any atom is -0.481 e. The van der Waals surface area contributed by atoms with Crippen molar-refractivity contribution in [3.05, 3.63) is 28.6 Å². The Balaban J connectivity index is 3.37. The number of hydrogen-bond acceptors (Lipinski definition) is 3. The summed E-state index contributed by atoms with van der Waals surface area (Å²) < 4.78 is 24.9. The zero-order valence-corrected chi connectivity index (χ0v) is 9.21. The average Bonchev–Trinajstić information content (AvgIpc) is 2.28. The normalized spacial score (nSPS) is 10.3. The van der Waals surface area contributed by atoms with Gasteiger partial charge in [0.05, 0.1) is 6.42 Å². The highest BCUT2D eigenvalue weighted by molar-refractivity contribution is 6.17. The number of hydrogen-bond donors (Lipinski definition) is 1. The van der Waals surface area contributed by atoms with Crippen LogP contribution in [-0.4, -0.2) is 16.1 Å². The molecule has 0 aliphatic carbocycles. The van der Waals surface area contributed by atoms with Crippen LogP contribution in [0.4, 0.5) is 8.78 Å². The maximum Gasteiger partial charge on any atom is 0.307 e. The van der Waals surface area contributed by atoms with Crippen LogP contribution in [0.2, 0.25) is 0 Å². The van der Waals surface area contributed by atoms with Crippen LogP contribution in [0.1, 0.15) is 28.9 Å². The average molecular weight is 261 g/mol. The Morgan fingerprint density at radius 2 is 2.29 bits per heavy atom. The van der Waals surface area contributed by atoms with Crippen molar-refractivity contribution in [2.75, 3.05) is 0 Å². The van der Waals surface area contributed by atoms with Crippen LogP contribution in [-0.2, 0) is 17.1 Å². The van der Waals surface area contributed by atoms with Gasteiger partial charge in [0.1, 0.15) is 17.5 Å². The summed E-state index contributed by atoms with van der Waals surface area (Å²) >= 11 is 5.55. The van der Waals surface area contributed by atoms with Gasteiger partial charge in [0.15, 0.2) is 0 Å². The summed E-state index contributed by atoms with van der Waals surface area (Å²) in [6, 6.07) is 2.63. The summed E-state index contributed by atoms with van der Waals surface area (Å²) in [5.74, 6) is -1.33. The standard InChI is InChI=1S/C10H7ClF2N2O2/c11-3-5-1-7(10(12)13)15-8(4-14)6(5)2-9(16)17/h1,10H,2-3H2,(H,16,17). The molecule has 1 heterocycles. The zero-order valence-electron chi connectivity index (χ0n) is 8.45. The predicted octanol–water partition coefficient (Wildman–Crippen LogP) is 2.26. The molecule has 0 fully saturated rings. The Bertz CT molecular complexity index is 486. The third-order valence-electron chi connectivity index (χ3n) is 2.04. The summed E-state index contributed by atoms with van der Waals surface area (Å²) in [5, 5.41) is 17.4. The first kappa shape index (κ1) is 13.3. The minimum absolute atomic E-state index is 0.0828. The van der Waals surface area contributed by atoms with Gasteiger partial charge < -0.3 is 5.11 Å². The lowest BCUT2D eigenvalue weighted by Crippen LogP contribution is -2.09. The van der Waals surface area contributed by atoms with Gasteiger partial charge in [0, 0.05) is 11.4 Å². The number of aliphatic carboxylic acids is 1. The lowest BCUT2D eigenvalue weighted by atomic mass is 10.0. The second-order valence-electron chi connectivity index (χ2n) is 3.15. The van der Waals surface area contributed by atoms with E-state index in [1.165, 1.54) is 0 Å². The third kappa shape index (κ3) is 3.11. The summed E-state index contributed by atoms with van der Waals surface area (Å²) in [7, 11) is 0. The molecule has 1 N–H and O–H groups in total. The van der Waals surface area contributed by atoms with Crippen LogP contribution in [0.25, 0.3) is 0 Å². The van der Waals surface area contributed by atoms with Crippen LogP contribution in [0.5, 0.6) is 0 Å². The van der Waals surface area contributed by atoms with Gasteiger partial charge in [-0.2, -0.15) is 5.26 Å². The SMILES string of the molecule is N#Cc1nc(C(F)F)cc(CCl)c1CC(=O)O. The largest absolute Gasteiger partial charge is 0.481 e. The van der Waals surface area contributed by atoms with Gasteiger partial charge in [-0.05, 0) is 11.6 Å². The number of nitrogens with zero attached hydrogens (tertiary/aromatic N) is 2. The molecule has 0 amide bonds. The van der Waals surface area contributed by atoms with Crippen molar-refractivity contribution in [2.45, 2.75) is 18.7 Å². The molecule has 4 nitrogen and oxygen atoms in total. The van der Waals surface area contributed by atoms with E-state index in [9.17, 15) is 13.6 Å². The molecule has 0 saturated carbocycles. The smallest absolute Gasteiger partial charge is 0.307 e. The maximum atomic E-state index is 12.5. The summed E-state index contributed by atoms with van der Waals surface area (Å²) in [5.41, 5.74) is -0.623. The minimum atomic E-state index is -2.83. The molecule has 0 bridgehead atoms. The van der Waals surface area contributed by atoms with E-state index in [0.29, 0.717) is 0 Å². The van der Waals surface area contributed by atoms with E-state index in [4.69, 9.17) is 22.0 Å². The van der Waals surface area contributed by atoms with Crippen molar-refractivity contribution in [1.82, 2.24) is 4.98 Å². The number of carboxylic acids is 1. The number of rotatable bonds is 4. The highest BCUT2D eigenvalue weighted by atomic mass is 35.5. The molecule has 0 spiro atoms. The molecule has 0 atom stereocenters. The number of carboxylic acid groups (broad SMARTS) is 1. The second-order valence-corrected chi connectivity index (χ2v) is 3.42. The first-order valence-electron chi connectivity index (χ1n) is 4.48. The molecule has 90 valence electrons. The van der Waals surface area contributed by atoms with E-state index >= 15 is 0 Å². The first-order chi connectivity index (χ1) is 7.99. The van der Waals surface area contributed by atoms with Crippen LogP contribution in [0.3, 0.4) is 0 Å². The summed E-state index contributed by atoms with van der Waals surface area (Å²) in [6.45, 7) is 0. The fourth-order valence-corrected chi connectivity index (χ4v) is 1.56. The Kier molecular flexibility index (Phi) is 4.35. The molecule has 1 aromatic rings. The van der Waals surface area contributed by atoms with Crippen molar-refractivity contribution in [3.8, 4) is 6.07 Å². The van der Waals surface area contributed by atoms with Crippen LogP contribution in [0, 0.1) is 11.3 Å². The van der Waals surface area contributed by atoms with Crippen LogP contribution in [0.15, 0.2) is 6.07 Å². The first-order valence-corrected chi connectivity index (χ1v) is 5.01. The number of aromatic nitrogens is 1. The molecule has 1 aromatic heterocycles. The van der Waals surface area contributed by atoms with Crippen LogP contribution >= 0.6 is 11.6 Å². The second kappa shape index (κ2) is 5.55.